The smallest absolute Gasteiger partial charge is 0.267 e. The molecule has 5 nitrogen and oxygen atoms in total. The van der Waals surface area contributed by atoms with E-state index in [4.69, 9.17) is 0 Å². The van der Waals surface area contributed by atoms with Crippen molar-refractivity contribution in [2.75, 3.05) is 26.0 Å². The number of nitrogens with zero attached hydrogens (tertiary/aromatic N) is 3. The lowest BCUT2D eigenvalue weighted by molar-refractivity contribution is 0.103. The van der Waals surface area contributed by atoms with Crippen molar-refractivity contribution in [1.29, 1.82) is 0 Å². The van der Waals surface area contributed by atoms with Gasteiger partial charge in [0.05, 0.1) is 4.88 Å². The van der Waals surface area contributed by atoms with Crippen LogP contribution in [0.1, 0.15) is 38.5 Å². The van der Waals surface area contributed by atoms with Crippen molar-refractivity contribution in [3.63, 3.8) is 0 Å². The monoisotopic (exact) mass is 350 g/mol. The zero-order valence-electron chi connectivity index (χ0n) is 13.8. The Kier molecular flexibility index (Phi) is 5.08. The molecule has 23 heavy (non-hydrogen) atoms. The van der Waals surface area contributed by atoms with Gasteiger partial charge in [0, 0.05) is 17.8 Å². The second-order valence-corrected chi connectivity index (χ2v) is 8.61. The van der Waals surface area contributed by atoms with E-state index in [0.717, 1.165) is 41.6 Å². The lowest BCUT2D eigenvalue weighted by Crippen LogP contribution is -2.14. The number of aromatic nitrogens is 2. The van der Waals surface area contributed by atoms with Crippen LogP contribution in [0.25, 0.3) is 0 Å². The van der Waals surface area contributed by atoms with Gasteiger partial charge in [-0.1, -0.05) is 18.3 Å². The van der Waals surface area contributed by atoms with E-state index in [9.17, 15) is 4.79 Å². The first-order chi connectivity index (χ1) is 11.0. The van der Waals surface area contributed by atoms with Crippen LogP contribution in [-0.2, 0) is 19.3 Å². The molecule has 1 unspecified atom stereocenters. The highest BCUT2D eigenvalue weighted by Crippen LogP contribution is 2.32. The van der Waals surface area contributed by atoms with Crippen LogP contribution in [0.3, 0.4) is 0 Å². The van der Waals surface area contributed by atoms with Crippen molar-refractivity contribution in [3.8, 4) is 0 Å². The largest absolute Gasteiger partial charge is 0.309 e. The number of thiophene rings is 1. The minimum atomic E-state index is -0.0626. The highest BCUT2D eigenvalue weighted by Gasteiger charge is 2.21. The van der Waals surface area contributed by atoms with Crippen LogP contribution in [0.2, 0.25) is 0 Å². The summed E-state index contributed by atoms with van der Waals surface area (Å²) in [5.74, 6) is 0.655. The van der Waals surface area contributed by atoms with E-state index in [1.54, 1.807) is 11.3 Å². The minimum absolute atomic E-state index is 0.0626. The summed E-state index contributed by atoms with van der Waals surface area (Å²) in [6, 6.07) is 2.05. The summed E-state index contributed by atoms with van der Waals surface area (Å²) in [6.45, 7) is 3.20. The van der Waals surface area contributed by atoms with Crippen molar-refractivity contribution in [2.24, 2.45) is 5.92 Å². The third-order valence-electron chi connectivity index (χ3n) is 4.01. The Hall–Kier alpha value is -1.31. The maximum absolute atomic E-state index is 12.4. The Labute approximate surface area is 144 Å². The van der Waals surface area contributed by atoms with Crippen LogP contribution >= 0.6 is 22.7 Å². The number of amides is 1. The quantitative estimate of drug-likeness (QED) is 0.900. The molecule has 124 valence electrons. The van der Waals surface area contributed by atoms with E-state index in [2.05, 4.69) is 33.4 Å². The molecule has 0 saturated heterocycles. The van der Waals surface area contributed by atoms with Crippen LogP contribution in [0.5, 0.6) is 0 Å². The average Bonchev–Trinajstić information content (AvgIpc) is 3.11. The lowest BCUT2D eigenvalue weighted by atomic mass is 9.90. The summed E-state index contributed by atoms with van der Waals surface area (Å²) in [5, 5.41) is 12.6. The molecule has 0 radical (unpaired) electrons. The number of fused-ring (bicyclic) bond motifs is 1. The number of nitrogens with one attached hydrogen (secondary N) is 1. The normalized spacial score (nSPS) is 17.3. The fourth-order valence-electron chi connectivity index (χ4n) is 2.70. The molecule has 2 heterocycles. The number of anilines is 1. The predicted molar refractivity (Wildman–Crippen MR) is 95.6 cm³/mol. The molecule has 0 aromatic carbocycles. The van der Waals surface area contributed by atoms with Gasteiger partial charge in [-0.3, -0.25) is 10.1 Å². The average molecular weight is 351 g/mol. The van der Waals surface area contributed by atoms with E-state index in [0.29, 0.717) is 5.13 Å². The molecular weight excluding hydrogens is 328 g/mol. The summed E-state index contributed by atoms with van der Waals surface area (Å²) in [6.07, 6.45) is 4.26. The molecule has 0 saturated carbocycles. The first-order valence-corrected chi connectivity index (χ1v) is 9.54. The van der Waals surface area contributed by atoms with Crippen molar-refractivity contribution < 1.29 is 4.79 Å². The number of hydrogen-bond donors (Lipinski definition) is 1. The van der Waals surface area contributed by atoms with E-state index in [1.807, 2.05) is 14.1 Å². The molecule has 0 aliphatic heterocycles. The Morgan fingerprint density at radius 3 is 3.00 bits per heavy atom. The van der Waals surface area contributed by atoms with Gasteiger partial charge in [0.1, 0.15) is 5.01 Å². The molecule has 0 spiro atoms. The first kappa shape index (κ1) is 16.5. The summed E-state index contributed by atoms with van der Waals surface area (Å²) in [5.41, 5.74) is 1.35. The van der Waals surface area contributed by atoms with E-state index >= 15 is 0 Å². The Morgan fingerprint density at radius 2 is 2.22 bits per heavy atom. The number of likely N-dealkylation sites (N-methyl/N-ethyl adjacent to an activating group) is 1. The maximum atomic E-state index is 12.4. The number of aryl methyl sites for hydroxylation is 1. The van der Waals surface area contributed by atoms with Crippen LogP contribution in [0, 0.1) is 5.92 Å². The van der Waals surface area contributed by atoms with Crippen LogP contribution < -0.4 is 5.32 Å². The fourth-order valence-corrected chi connectivity index (χ4v) is 4.53. The number of carbonyl (C=O) groups excluding carboxylic acids is 1. The highest BCUT2D eigenvalue weighted by molar-refractivity contribution is 7.16. The molecule has 1 aliphatic rings. The summed E-state index contributed by atoms with van der Waals surface area (Å²) in [7, 11) is 4.06. The van der Waals surface area contributed by atoms with Gasteiger partial charge < -0.3 is 4.90 Å². The van der Waals surface area contributed by atoms with Crippen LogP contribution in [0.15, 0.2) is 6.07 Å². The molecule has 1 aliphatic carbocycles. The van der Waals surface area contributed by atoms with Gasteiger partial charge in [-0.05, 0) is 50.9 Å². The number of rotatable bonds is 5. The maximum Gasteiger partial charge on any atom is 0.267 e. The predicted octanol–water partition coefficient (Wildman–Crippen LogP) is 3.08. The Morgan fingerprint density at radius 1 is 1.39 bits per heavy atom. The van der Waals surface area contributed by atoms with Gasteiger partial charge in [0.25, 0.3) is 5.91 Å². The number of carbonyl (C=O) groups is 1. The molecule has 3 rings (SSSR count). The molecule has 0 bridgehead atoms. The summed E-state index contributed by atoms with van der Waals surface area (Å²) >= 11 is 3.08. The molecule has 1 amide bonds. The third kappa shape index (κ3) is 4.16. The van der Waals surface area contributed by atoms with Crippen molar-refractivity contribution in [3.05, 3.63) is 26.4 Å². The SMILES string of the molecule is CC1CCc2sc(C(=O)Nc3nnc(CCN(C)C)s3)cc2C1. The van der Waals surface area contributed by atoms with Gasteiger partial charge in [-0.15, -0.1) is 21.5 Å². The minimum Gasteiger partial charge on any atom is -0.309 e. The third-order valence-corrected chi connectivity index (χ3v) is 6.15. The van der Waals surface area contributed by atoms with E-state index in [1.165, 1.54) is 28.2 Å². The second kappa shape index (κ2) is 7.07. The summed E-state index contributed by atoms with van der Waals surface area (Å²) < 4.78 is 0. The van der Waals surface area contributed by atoms with Gasteiger partial charge in [-0.25, -0.2) is 0 Å². The molecule has 1 atom stereocenters. The molecule has 0 fully saturated rings. The van der Waals surface area contributed by atoms with Gasteiger partial charge in [0.2, 0.25) is 5.13 Å². The molecule has 7 heteroatoms. The van der Waals surface area contributed by atoms with Gasteiger partial charge in [-0.2, -0.15) is 0 Å². The van der Waals surface area contributed by atoms with Crippen LogP contribution in [-0.4, -0.2) is 41.6 Å². The molecule has 2 aromatic heterocycles. The molecule has 2 aromatic rings. The van der Waals surface area contributed by atoms with Gasteiger partial charge >= 0.3 is 0 Å². The Balaban J connectivity index is 1.63. The fraction of sp³-hybridized carbons (Fsp3) is 0.562. The van der Waals surface area contributed by atoms with Crippen molar-refractivity contribution in [2.45, 2.75) is 32.6 Å². The standard InChI is InChI=1S/C16H22N4OS2/c1-10-4-5-12-11(8-10)9-13(22-12)15(21)17-16-19-18-14(23-16)6-7-20(2)3/h9-10H,4-8H2,1-3H3,(H,17,19,21). The number of hydrogen-bond acceptors (Lipinski definition) is 6. The highest BCUT2D eigenvalue weighted by atomic mass is 32.1. The van der Waals surface area contributed by atoms with Gasteiger partial charge in [0.15, 0.2) is 0 Å². The van der Waals surface area contributed by atoms with Crippen molar-refractivity contribution in [1.82, 2.24) is 15.1 Å². The van der Waals surface area contributed by atoms with E-state index < -0.39 is 0 Å². The molecular formula is C16H22N4OS2. The van der Waals surface area contributed by atoms with Crippen LogP contribution in [0.4, 0.5) is 5.13 Å². The zero-order chi connectivity index (χ0) is 16.4. The first-order valence-electron chi connectivity index (χ1n) is 7.91. The topological polar surface area (TPSA) is 58.1 Å². The van der Waals surface area contributed by atoms with E-state index in [-0.39, 0.29) is 5.91 Å². The lowest BCUT2D eigenvalue weighted by Gasteiger charge is -2.16. The second-order valence-electron chi connectivity index (χ2n) is 6.42. The summed E-state index contributed by atoms with van der Waals surface area (Å²) in [4.78, 5) is 16.7. The Bertz CT molecular complexity index is 692. The van der Waals surface area contributed by atoms with Crippen molar-refractivity contribution >= 4 is 33.7 Å². The molecule has 1 N–H and O–H groups in total. The zero-order valence-corrected chi connectivity index (χ0v) is 15.4.